The van der Waals surface area contributed by atoms with Crippen LogP contribution >= 0.6 is 47.2 Å². The van der Waals surface area contributed by atoms with E-state index >= 15 is 0 Å². The lowest BCUT2D eigenvalue weighted by Crippen LogP contribution is -2.33. The maximum absolute atomic E-state index is 12.4. The first kappa shape index (κ1) is 22.4. The van der Waals surface area contributed by atoms with Gasteiger partial charge in [0.25, 0.3) is 5.91 Å². The molecule has 0 aromatic heterocycles. The Morgan fingerprint density at radius 2 is 2.00 bits per heavy atom. The highest BCUT2D eigenvalue weighted by atomic mass is 35.5. The molecule has 10 heteroatoms. The van der Waals surface area contributed by atoms with Crippen molar-refractivity contribution in [2.45, 2.75) is 6.61 Å². The molecule has 6 nitrogen and oxygen atoms in total. The molecule has 1 heterocycles. The summed E-state index contributed by atoms with van der Waals surface area (Å²) in [5.41, 5.74) is 1.45. The van der Waals surface area contributed by atoms with Crippen LogP contribution in [0, 0.1) is 0 Å². The lowest BCUT2D eigenvalue weighted by Gasteiger charge is -2.12. The second kappa shape index (κ2) is 9.70. The first-order chi connectivity index (χ1) is 14.3. The van der Waals surface area contributed by atoms with E-state index in [0.717, 1.165) is 22.2 Å². The molecule has 3 rings (SSSR count). The van der Waals surface area contributed by atoms with Crippen molar-refractivity contribution in [3.8, 4) is 11.5 Å². The van der Waals surface area contributed by atoms with Crippen molar-refractivity contribution in [1.29, 1.82) is 0 Å². The molecule has 1 saturated heterocycles. The Hall–Kier alpha value is -2.26. The Balaban J connectivity index is 1.77. The number of hydrogen-bond acceptors (Lipinski definition) is 6. The third-order valence-electron chi connectivity index (χ3n) is 4.05. The molecule has 0 bridgehead atoms. The fourth-order valence-corrected chi connectivity index (χ4v) is 4.33. The van der Waals surface area contributed by atoms with Crippen molar-refractivity contribution in [2.24, 2.45) is 0 Å². The van der Waals surface area contributed by atoms with Gasteiger partial charge in [-0.05, 0) is 35.9 Å². The van der Waals surface area contributed by atoms with E-state index < -0.39 is 18.4 Å². The fourth-order valence-electron chi connectivity index (χ4n) is 2.61. The number of aliphatic carboxylic acids is 1. The average Bonchev–Trinajstić information content (AvgIpc) is 2.95. The molecule has 1 amide bonds. The molecule has 0 unspecified atom stereocenters. The van der Waals surface area contributed by atoms with Crippen LogP contribution in [-0.2, 0) is 16.2 Å². The van der Waals surface area contributed by atoms with E-state index in [2.05, 4.69) is 0 Å². The van der Waals surface area contributed by atoms with Gasteiger partial charge in [-0.1, -0.05) is 59.3 Å². The summed E-state index contributed by atoms with van der Waals surface area (Å²) in [6, 6.07) is 10.3. The highest BCUT2D eigenvalue weighted by Gasteiger charge is 2.33. The monoisotopic (exact) mass is 483 g/mol. The standard InChI is InChI=1S/C20H15Cl2NO5S2/c1-27-16-6-11(7-17-19(26)23(9-18(24)25)20(29)30-17)2-5-15(16)28-10-12-3-4-13(21)8-14(12)22/h2-8H,9-10H2,1H3,(H,24,25)/b17-7-. The number of thioether (sulfide) groups is 1. The zero-order chi connectivity index (χ0) is 21.8. The first-order valence-electron chi connectivity index (χ1n) is 8.50. The zero-order valence-electron chi connectivity index (χ0n) is 15.6. The van der Waals surface area contributed by atoms with Crippen LogP contribution in [0.4, 0.5) is 0 Å². The van der Waals surface area contributed by atoms with Gasteiger partial charge in [0.05, 0.1) is 12.0 Å². The second-order valence-electron chi connectivity index (χ2n) is 6.10. The van der Waals surface area contributed by atoms with Crippen molar-refractivity contribution in [1.82, 2.24) is 4.90 Å². The summed E-state index contributed by atoms with van der Waals surface area (Å²) in [5.74, 6) is -0.602. The first-order valence-corrected chi connectivity index (χ1v) is 10.5. The number of carboxylic acid groups (broad SMARTS) is 1. The molecule has 0 aliphatic carbocycles. The fraction of sp³-hybridized carbons (Fsp3) is 0.150. The normalized spacial score (nSPS) is 15.0. The molecule has 0 spiro atoms. The maximum Gasteiger partial charge on any atom is 0.323 e. The lowest BCUT2D eigenvalue weighted by atomic mass is 10.1. The summed E-state index contributed by atoms with van der Waals surface area (Å²) in [6.45, 7) is -0.245. The number of nitrogens with zero attached hydrogens (tertiary/aromatic N) is 1. The molecule has 0 atom stereocenters. The molecule has 1 fully saturated rings. The Morgan fingerprint density at radius 3 is 2.67 bits per heavy atom. The number of thiocarbonyl (C=S) groups is 1. The van der Waals surface area contributed by atoms with E-state index in [1.54, 1.807) is 42.5 Å². The number of hydrogen-bond donors (Lipinski definition) is 1. The van der Waals surface area contributed by atoms with Crippen LogP contribution in [0.5, 0.6) is 11.5 Å². The molecule has 2 aromatic carbocycles. The number of carbonyl (C=O) groups is 2. The summed E-state index contributed by atoms with van der Waals surface area (Å²) in [7, 11) is 1.51. The van der Waals surface area contributed by atoms with Gasteiger partial charge in [0.1, 0.15) is 17.5 Å². The molecule has 0 radical (unpaired) electrons. The molecule has 156 valence electrons. The smallest absolute Gasteiger partial charge is 0.323 e. The SMILES string of the molecule is COc1cc(/C=C2\SC(=S)N(CC(=O)O)C2=O)ccc1OCc1ccc(Cl)cc1Cl. The molecular formula is C20H15Cl2NO5S2. The Labute approximate surface area is 192 Å². The van der Waals surface area contributed by atoms with Gasteiger partial charge >= 0.3 is 5.97 Å². The average molecular weight is 484 g/mol. The largest absolute Gasteiger partial charge is 0.493 e. The number of amides is 1. The number of ether oxygens (including phenoxy) is 2. The third kappa shape index (κ3) is 5.26. The van der Waals surface area contributed by atoms with Crippen LogP contribution < -0.4 is 9.47 Å². The maximum atomic E-state index is 12.4. The van der Waals surface area contributed by atoms with Crippen LogP contribution in [0.25, 0.3) is 6.08 Å². The number of rotatable bonds is 7. The lowest BCUT2D eigenvalue weighted by molar-refractivity contribution is -0.140. The number of halogens is 2. The molecule has 2 aromatic rings. The minimum absolute atomic E-state index is 0.209. The Kier molecular flexibility index (Phi) is 7.25. The van der Waals surface area contributed by atoms with Crippen molar-refractivity contribution in [3.05, 3.63) is 62.5 Å². The van der Waals surface area contributed by atoms with Crippen molar-refractivity contribution in [3.63, 3.8) is 0 Å². The van der Waals surface area contributed by atoms with Crippen LogP contribution in [0.2, 0.25) is 10.0 Å². The number of carboxylic acids is 1. The van der Waals surface area contributed by atoms with Crippen LogP contribution in [0.3, 0.4) is 0 Å². The highest BCUT2D eigenvalue weighted by molar-refractivity contribution is 8.26. The second-order valence-corrected chi connectivity index (χ2v) is 8.62. The topological polar surface area (TPSA) is 76.1 Å². The Morgan fingerprint density at radius 1 is 1.23 bits per heavy atom. The van der Waals surface area contributed by atoms with E-state index in [9.17, 15) is 9.59 Å². The molecule has 0 saturated carbocycles. The van der Waals surface area contributed by atoms with Gasteiger partial charge in [-0.2, -0.15) is 0 Å². The number of methoxy groups -OCH3 is 1. The molecule has 1 aliphatic heterocycles. The number of carbonyl (C=O) groups excluding carboxylic acids is 1. The van der Waals surface area contributed by atoms with E-state index in [0.29, 0.717) is 32.0 Å². The third-order valence-corrected chi connectivity index (χ3v) is 6.02. The van der Waals surface area contributed by atoms with Gasteiger partial charge in [0.2, 0.25) is 0 Å². The minimum atomic E-state index is -1.13. The van der Waals surface area contributed by atoms with Crippen LogP contribution in [0.1, 0.15) is 11.1 Å². The van der Waals surface area contributed by atoms with Gasteiger partial charge in [0.15, 0.2) is 11.5 Å². The summed E-state index contributed by atoms with van der Waals surface area (Å²) < 4.78 is 11.4. The molecule has 1 N–H and O–H groups in total. The van der Waals surface area contributed by atoms with Gasteiger partial charge in [-0.25, -0.2) is 0 Å². The quantitative estimate of drug-likeness (QED) is 0.444. The predicted octanol–water partition coefficient (Wildman–Crippen LogP) is 4.87. The van der Waals surface area contributed by atoms with E-state index in [4.69, 9.17) is 50.0 Å². The summed E-state index contributed by atoms with van der Waals surface area (Å²) >= 11 is 18.2. The van der Waals surface area contributed by atoms with Gasteiger partial charge < -0.3 is 14.6 Å². The Bertz CT molecular complexity index is 1060. The summed E-state index contributed by atoms with van der Waals surface area (Å²) in [5, 5.41) is 9.96. The van der Waals surface area contributed by atoms with Gasteiger partial charge in [0, 0.05) is 15.6 Å². The van der Waals surface area contributed by atoms with Crippen LogP contribution in [-0.4, -0.2) is 39.9 Å². The minimum Gasteiger partial charge on any atom is -0.493 e. The summed E-state index contributed by atoms with van der Waals surface area (Å²) in [6.07, 6.45) is 1.63. The molecule has 30 heavy (non-hydrogen) atoms. The van der Waals surface area contributed by atoms with Crippen molar-refractivity contribution in [2.75, 3.05) is 13.7 Å². The highest BCUT2D eigenvalue weighted by Crippen LogP contribution is 2.35. The van der Waals surface area contributed by atoms with Gasteiger partial charge in [-0.15, -0.1) is 0 Å². The zero-order valence-corrected chi connectivity index (χ0v) is 18.7. The van der Waals surface area contributed by atoms with Crippen LogP contribution in [0.15, 0.2) is 41.3 Å². The van der Waals surface area contributed by atoms with Crippen molar-refractivity contribution < 1.29 is 24.2 Å². The van der Waals surface area contributed by atoms with E-state index in [1.165, 1.54) is 7.11 Å². The van der Waals surface area contributed by atoms with Gasteiger partial charge in [-0.3, -0.25) is 14.5 Å². The molecular weight excluding hydrogens is 469 g/mol. The predicted molar refractivity (Wildman–Crippen MR) is 121 cm³/mol. The van der Waals surface area contributed by atoms with E-state index in [-0.39, 0.29) is 10.9 Å². The van der Waals surface area contributed by atoms with Crippen molar-refractivity contribution >= 4 is 69.5 Å². The summed E-state index contributed by atoms with van der Waals surface area (Å²) in [4.78, 5) is 24.7. The number of benzene rings is 2. The van der Waals surface area contributed by atoms with E-state index in [1.807, 2.05) is 0 Å². The molecule has 1 aliphatic rings.